The van der Waals surface area contributed by atoms with E-state index in [1.807, 2.05) is 42.5 Å². The van der Waals surface area contributed by atoms with Crippen molar-refractivity contribution in [2.45, 2.75) is 63.6 Å². The quantitative estimate of drug-likeness (QED) is 0.358. The molecule has 1 aliphatic heterocycles. The number of anilines is 2. The van der Waals surface area contributed by atoms with E-state index in [-0.39, 0.29) is 29.8 Å². The van der Waals surface area contributed by atoms with Crippen LogP contribution in [0.3, 0.4) is 0 Å². The van der Waals surface area contributed by atoms with E-state index >= 15 is 0 Å². The van der Waals surface area contributed by atoms with Gasteiger partial charge in [-0.05, 0) is 62.9 Å². The molecule has 4 rings (SSSR count). The highest BCUT2D eigenvalue weighted by molar-refractivity contribution is 6.01. The summed E-state index contributed by atoms with van der Waals surface area (Å²) >= 11 is 0. The number of para-hydroxylation sites is 1. The normalized spacial score (nSPS) is 19.6. The van der Waals surface area contributed by atoms with Gasteiger partial charge in [-0.25, -0.2) is 4.98 Å². The van der Waals surface area contributed by atoms with Crippen LogP contribution in [-0.2, 0) is 20.7 Å². The lowest BCUT2D eigenvalue weighted by atomic mass is 9.83. The van der Waals surface area contributed by atoms with Crippen molar-refractivity contribution >= 4 is 23.3 Å². The van der Waals surface area contributed by atoms with E-state index in [0.717, 1.165) is 36.9 Å². The first-order chi connectivity index (χ1) is 17.1. The molecule has 188 valence electrons. The molecule has 2 amide bonds. The number of hydrogen-bond acceptors (Lipinski definition) is 6. The second-order valence-corrected chi connectivity index (χ2v) is 9.50. The van der Waals surface area contributed by atoms with Crippen LogP contribution in [0.1, 0.15) is 44.6 Å². The van der Waals surface area contributed by atoms with Crippen molar-refractivity contribution in [1.82, 2.24) is 15.6 Å². The Morgan fingerprint density at radius 3 is 2.63 bits per heavy atom. The minimum absolute atomic E-state index is 0.0874. The van der Waals surface area contributed by atoms with Gasteiger partial charge in [0, 0.05) is 11.9 Å². The van der Waals surface area contributed by atoms with Gasteiger partial charge in [0.15, 0.2) is 0 Å². The van der Waals surface area contributed by atoms with Crippen molar-refractivity contribution in [3.05, 3.63) is 54.2 Å². The standard InChI is InChI=1S/C27H37N5O3/c1-19(28-2)26(33)31-24(20-10-5-3-6-11-20)27(34)32-23(16-21-12-9-15-29-25(21)32)17-35-18-30-22-13-7-4-8-14-22/h4,7-9,12-15,19-20,23-24,28,30H,3,5-6,10-11,16-18H2,1-2H3,(H,31,33). The predicted octanol–water partition coefficient (Wildman–Crippen LogP) is 3.10. The van der Waals surface area contributed by atoms with Crippen molar-refractivity contribution in [3.8, 4) is 0 Å². The third kappa shape index (κ3) is 6.18. The first-order valence-electron chi connectivity index (χ1n) is 12.7. The van der Waals surface area contributed by atoms with E-state index < -0.39 is 6.04 Å². The third-order valence-electron chi connectivity index (χ3n) is 7.13. The lowest BCUT2D eigenvalue weighted by molar-refractivity contribution is -0.130. The molecule has 2 aromatic rings. The lowest BCUT2D eigenvalue weighted by Gasteiger charge is -2.35. The molecule has 3 unspecified atom stereocenters. The maximum Gasteiger partial charge on any atom is 0.251 e. The second kappa shape index (κ2) is 12.1. The highest BCUT2D eigenvalue weighted by Gasteiger charge is 2.41. The number of amides is 2. The van der Waals surface area contributed by atoms with Crippen LogP contribution in [0.5, 0.6) is 0 Å². The molecule has 1 aromatic heterocycles. The van der Waals surface area contributed by atoms with Gasteiger partial charge in [-0.3, -0.25) is 14.5 Å². The molecule has 0 bridgehead atoms. The third-order valence-corrected chi connectivity index (χ3v) is 7.13. The Hall–Kier alpha value is -2.97. The average Bonchev–Trinajstić information content (AvgIpc) is 3.28. The summed E-state index contributed by atoms with van der Waals surface area (Å²) in [5.74, 6) is 0.560. The molecule has 35 heavy (non-hydrogen) atoms. The van der Waals surface area contributed by atoms with Gasteiger partial charge in [-0.2, -0.15) is 0 Å². The fraction of sp³-hybridized carbons (Fsp3) is 0.519. The molecular formula is C27H37N5O3. The van der Waals surface area contributed by atoms with Crippen LogP contribution in [-0.4, -0.2) is 55.3 Å². The van der Waals surface area contributed by atoms with Gasteiger partial charge in [-0.1, -0.05) is 43.5 Å². The molecule has 0 radical (unpaired) electrons. The number of rotatable bonds is 10. The van der Waals surface area contributed by atoms with Gasteiger partial charge in [0.1, 0.15) is 18.6 Å². The number of pyridine rings is 1. The van der Waals surface area contributed by atoms with Crippen LogP contribution < -0.4 is 20.9 Å². The highest BCUT2D eigenvalue weighted by Crippen LogP contribution is 2.34. The Morgan fingerprint density at radius 2 is 1.89 bits per heavy atom. The number of carbonyl (C=O) groups excluding carboxylic acids is 2. The van der Waals surface area contributed by atoms with Crippen LogP contribution >= 0.6 is 0 Å². The molecule has 2 aliphatic rings. The fourth-order valence-corrected chi connectivity index (χ4v) is 5.04. The Labute approximate surface area is 207 Å². The topological polar surface area (TPSA) is 95.6 Å². The molecule has 8 heteroatoms. The van der Waals surface area contributed by atoms with Crippen LogP contribution in [0, 0.1) is 5.92 Å². The first-order valence-corrected chi connectivity index (χ1v) is 12.7. The number of ether oxygens (including phenoxy) is 1. The lowest BCUT2D eigenvalue weighted by Crippen LogP contribution is -2.57. The number of benzene rings is 1. The number of nitrogens with one attached hydrogen (secondary N) is 3. The largest absolute Gasteiger partial charge is 0.363 e. The Kier molecular flexibility index (Phi) is 8.71. The van der Waals surface area contributed by atoms with Crippen LogP contribution in [0.4, 0.5) is 11.5 Å². The summed E-state index contributed by atoms with van der Waals surface area (Å²) in [6.07, 6.45) is 7.62. The van der Waals surface area contributed by atoms with Gasteiger partial charge in [0.05, 0.1) is 18.7 Å². The van der Waals surface area contributed by atoms with E-state index in [1.165, 1.54) is 6.42 Å². The molecule has 3 atom stereocenters. The highest BCUT2D eigenvalue weighted by atomic mass is 16.5. The van der Waals surface area contributed by atoms with E-state index in [9.17, 15) is 9.59 Å². The molecule has 2 heterocycles. The zero-order chi connectivity index (χ0) is 24.6. The first kappa shape index (κ1) is 25.1. The van der Waals surface area contributed by atoms with Crippen molar-refractivity contribution in [3.63, 3.8) is 0 Å². The molecule has 0 spiro atoms. The van der Waals surface area contributed by atoms with Gasteiger partial charge in [-0.15, -0.1) is 0 Å². The molecular weight excluding hydrogens is 442 g/mol. The maximum atomic E-state index is 14.1. The summed E-state index contributed by atoms with van der Waals surface area (Å²) in [7, 11) is 1.75. The molecule has 1 fully saturated rings. The predicted molar refractivity (Wildman–Crippen MR) is 137 cm³/mol. The number of hydrogen-bond donors (Lipinski definition) is 3. The second-order valence-electron chi connectivity index (χ2n) is 9.50. The van der Waals surface area contributed by atoms with Crippen molar-refractivity contribution < 1.29 is 14.3 Å². The Balaban J connectivity index is 1.50. The number of aromatic nitrogens is 1. The zero-order valence-electron chi connectivity index (χ0n) is 20.7. The summed E-state index contributed by atoms with van der Waals surface area (Å²) in [5, 5.41) is 9.31. The number of carbonyl (C=O) groups is 2. The molecule has 8 nitrogen and oxygen atoms in total. The summed E-state index contributed by atoms with van der Waals surface area (Å²) in [4.78, 5) is 33.3. The molecule has 1 saturated carbocycles. The number of nitrogens with zero attached hydrogens (tertiary/aromatic N) is 2. The molecule has 1 aromatic carbocycles. The number of likely N-dealkylation sites (N-methyl/N-ethyl adjacent to an activating group) is 1. The molecule has 1 aliphatic carbocycles. The van der Waals surface area contributed by atoms with E-state index in [2.05, 4.69) is 20.9 Å². The van der Waals surface area contributed by atoms with Crippen LogP contribution in [0.2, 0.25) is 0 Å². The molecule has 0 saturated heterocycles. The monoisotopic (exact) mass is 479 g/mol. The van der Waals surface area contributed by atoms with Crippen molar-refractivity contribution in [2.75, 3.05) is 30.6 Å². The minimum Gasteiger partial charge on any atom is -0.363 e. The van der Waals surface area contributed by atoms with Crippen LogP contribution in [0.25, 0.3) is 0 Å². The SMILES string of the molecule is CNC(C)C(=O)NC(C(=O)N1c2ncccc2CC1COCNc1ccccc1)C1CCCCC1. The van der Waals surface area contributed by atoms with E-state index in [1.54, 1.807) is 25.1 Å². The summed E-state index contributed by atoms with van der Waals surface area (Å²) in [5.41, 5.74) is 2.01. The average molecular weight is 480 g/mol. The van der Waals surface area contributed by atoms with Gasteiger partial charge >= 0.3 is 0 Å². The fourth-order valence-electron chi connectivity index (χ4n) is 5.04. The molecule has 3 N–H and O–H groups in total. The summed E-state index contributed by atoms with van der Waals surface area (Å²) < 4.78 is 5.96. The van der Waals surface area contributed by atoms with Crippen molar-refractivity contribution in [1.29, 1.82) is 0 Å². The minimum atomic E-state index is -0.573. The van der Waals surface area contributed by atoms with Gasteiger partial charge < -0.3 is 20.7 Å². The summed E-state index contributed by atoms with van der Waals surface area (Å²) in [6.45, 7) is 2.52. The maximum absolute atomic E-state index is 14.1. The summed E-state index contributed by atoms with van der Waals surface area (Å²) in [6, 6.07) is 12.7. The van der Waals surface area contributed by atoms with E-state index in [0.29, 0.717) is 25.6 Å². The number of fused-ring (bicyclic) bond motifs is 1. The van der Waals surface area contributed by atoms with Crippen molar-refractivity contribution in [2.24, 2.45) is 5.92 Å². The smallest absolute Gasteiger partial charge is 0.251 e. The Bertz CT molecular complexity index is 980. The Morgan fingerprint density at radius 1 is 1.11 bits per heavy atom. The van der Waals surface area contributed by atoms with E-state index in [4.69, 9.17) is 4.74 Å². The zero-order valence-corrected chi connectivity index (χ0v) is 20.7. The van der Waals surface area contributed by atoms with Gasteiger partial charge in [0.25, 0.3) is 5.91 Å². The van der Waals surface area contributed by atoms with Crippen LogP contribution in [0.15, 0.2) is 48.7 Å². The van der Waals surface area contributed by atoms with Gasteiger partial charge in [0.2, 0.25) is 5.91 Å².